The number of hydrogen-bond donors (Lipinski definition) is 2. The standard InChI is InChI=1S/C7H5ClN2O/c8-6-5(11)2-1-4-3-9-10-7(4)6/h1-3,11H,(H,9,10). The first-order valence-corrected chi connectivity index (χ1v) is 3.47. The van der Waals surface area contributed by atoms with Crippen molar-refractivity contribution >= 4 is 22.5 Å². The summed E-state index contributed by atoms with van der Waals surface area (Å²) >= 11 is 5.75. The molecule has 0 bridgehead atoms. The second kappa shape index (κ2) is 2.13. The summed E-state index contributed by atoms with van der Waals surface area (Å²) < 4.78 is 0. The molecule has 0 unspecified atom stereocenters. The van der Waals surface area contributed by atoms with Crippen LogP contribution >= 0.6 is 11.6 Å². The van der Waals surface area contributed by atoms with Gasteiger partial charge in [-0.3, -0.25) is 5.10 Å². The van der Waals surface area contributed by atoms with Gasteiger partial charge in [0.15, 0.2) is 0 Å². The van der Waals surface area contributed by atoms with Crippen molar-refractivity contribution in [2.24, 2.45) is 0 Å². The minimum atomic E-state index is 0.0726. The number of H-pyrrole nitrogens is 1. The molecule has 1 heterocycles. The largest absolute Gasteiger partial charge is 0.506 e. The van der Waals surface area contributed by atoms with E-state index in [0.29, 0.717) is 10.5 Å². The van der Waals surface area contributed by atoms with Crippen LogP contribution in [0.2, 0.25) is 5.02 Å². The summed E-state index contributed by atoms with van der Waals surface area (Å²) in [5, 5.41) is 16.8. The summed E-state index contributed by atoms with van der Waals surface area (Å²) in [6.07, 6.45) is 1.65. The number of aromatic hydroxyl groups is 1. The van der Waals surface area contributed by atoms with Gasteiger partial charge in [-0.25, -0.2) is 0 Å². The van der Waals surface area contributed by atoms with E-state index in [1.165, 1.54) is 0 Å². The highest BCUT2D eigenvalue weighted by Crippen LogP contribution is 2.29. The Hall–Kier alpha value is -1.22. The summed E-state index contributed by atoms with van der Waals surface area (Å²) in [4.78, 5) is 0. The quantitative estimate of drug-likeness (QED) is 0.632. The van der Waals surface area contributed by atoms with Gasteiger partial charge in [-0.15, -0.1) is 0 Å². The average molecular weight is 169 g/mol. The highest BCUT2D eigenvalue weighted by molar-refractivity contribution is 6.36. The van der Waals surface area contributed by atoms with Crippen LogP contribution in [0.15, 0.2) is 18.3 Å². The highest BCUT2D eigenvalue weighted by Gasteiger charge is 2.04. The Morgan fingerprint density at radius 2 is 2.27 bits per heavy atom. The summed E-state index contributed by atoms with van der Waals surface area (Å²) in [6, 6.07) is 3.29. The van der Waals surface area contributed by atoms with Crippen LogP contribution in [0.4, 0.5) is 0 Å². The number of halogens is 1. The Morgan fingerprint density at radius 1 is 1.45 bits per heavy atom. The second-order valence-corrected chi connectivity index (χ2v) is 2.61. The van der Waals surface area contributed by atoms with Crippen LogP contribution in [-0.2, 0) is 0 Å². The molecule has 0 spiro atoms. The van der Waals surface area contributed by atoms with Gasteiger partial charge in [0.2, 0.25) is 0 Å². The van der Waals surface area contributed by atoms with Crippen molar-refractivity contribution in [3.8, 4) is 5.75 Å². The number of rotatable bonds is 0. The van der Waals surface area contributed by atoms with E-state index in [9.17, 15) is 0 Å². The molecular formula is C7H5ClN2O. The van der Waals surface area contributed by atoms with Gasteiger partial charge < -0.3 is 5.11 Å². The maximum Gasteiger partial charge on any atom is 0.136 e. The monoisotopic (exact) mass is 168 g/mol. The third-order valence-corrected chi connectivity index (χ3v) is 1.92. The zero-order chi connectivity index (χ0) is 7.84. The van der Waals surface area contributed by atoms with Crippen molar-refractivity contribution in [1.82, 2.24) is 10.2 Å². The Morgan fingerprint density at radius 3 is 3.09 bits per heavy atom. The van der Waals surface area contributed by atoms with Crippen LogP contribution in [0.25, 0.3) is 10.9 Å². The number of nitrogens with zero attached hydrogens (tertiary/aromatic N) is 1. The maximum atomic E-state index is 9.16. The van der Waals surface area contributed by atoms with Gasteiger partial charge in [0.05, 0.1) is 11.7 Å². The zero-order valence-corrected chi connectivity index (χ0v) is 6.26. The maximum absolute atomic E-state index is 9.16. The van der Waals surface area contributed by atoms with E-state index in [4.69, 9.17) is 16.7 Å². The van der Waals surface area contributed by atoms with Crippen LogP contribution in [-0.4, -0.2) is 15.3 Å². The predicted octanol–water partition coefficient (Wildman–Crippen LogP) is 1.92. The molecule has 1 aromatic heterocycles. The molecular weight excluding hydrogens is 164 g/mol. The van der Waals surface area contributed by atoms with Crippen molar-refractivity contribution < 1.29 is 5.11 Å². The van der Waals surface area contributed by atoms with E-state index >= 15 is 0 Å². The molecule has 0 saturated heterocycles. The van der Waals surface area contributed by atoms with E-state index < -0.39 is 0 Å². The lowest BCUT2D eigenvalue weighted by molar-refractivity contribution is 0.476. The van der Waals surface area contributed by atoms with E-state index in [1.807, 2.05) is 0 Å². The fourth-order valence-corrected chi connectivity index (χ4v) is 1.18. The molecule has 0 atom stereocenters. The first-order chi connectivity index (χ1) is 5.29. The lowest BCUT2D eigenvalue weighted by Gasteiger charge is -1.95. The normalized spacial score (nSPS) is 10.6. The molecule has 0 aliphatic rings. The van der Waals surface area contributed by atoms with Crippen LogP contribution in [0, 0.1) is 0 Å². The third-order valence-electron chi connectivity index (χ3n) is 1.53. The van der Waals surface area contributed by atoms with Crippen molar-refractivity contribution in [3.05, 3.63) is 23.4 Å². The molecule has 0 radical (unpaired) electrons. The van der Waals surface area contributed by atoms with Crippen molar-refractivity contribution in [3.63, 3.8) is 0 Å². The first kappa shape index (κ1) is 6.49. The SMILES string of the molecule is Oc1ccc2cn[nH]c2c1Cl. The number of hydrogen-bond acceptors (Lipinski definition) is 2. The molecule has 56 valence electrons. The number of aromatic nitrogens is 2. The van der Waals surface area contributed by atoms with Gasteiger partial charge in [-0.1, -0.05) is 11.6 Å². The van der Waals surface area contributed by atoms with E-state index in [2.05, 4.69) is 10.2 Å². The summed E-state index contributed by atoms with van der Waals surface area (Å²) in [5.41, 5.74) is 0.673. The lowest BCUT2D eigenvalue weighted by Crippen LogP contribution is -1.72. The van der Waals surface area contributed by atoms with E-state index in [-0.39, 0.29) is 5.75 Å². The molecule has 2 aromatic rings. The van der Waals surface area contributed by atoms with Crippen molar-refractivity contribution in [2.45, 2.75) is 0 Å². The number of aromatic amines is 1. The smallest absolute Gasteiger partial charge is 0.136 e. The average Bonchev–Trinajstić information content (AvgIpc) is 2.45. The molecule has 3 nitrogen and oxygen atoms in total. The zero-order valence-electron chi connectivity index (χ0n) is 5.50. The molecule has 11 heavy (non-hydrogen) atoms. The van der Waals surface area contributed by atoms with Crippen LogP contribution in [0.1, 0.15) is 0 Å². The Balaban J connectivity index is 2.93. The third kappa shape index (κ3) is 0.851. The molecule has 0 aliphatic heterocycles. The van der Waals surface area contributed by atoms with E-state index in [0.717, 1.165) is 5.39 Å². The molecule has 0 aliphatic carbocycles. The lowest BCUT2D eigenvalue weighted by atomic mass is 10.2. The Bertz CT molecular complexity index is 396. The molecule has 1 aromatic carbocycles. The minimum absolute atomic E-state index is 0.0726. The van der Waals surface area contributed by atoms with Gasteiger partial charge in [-0.2, -0.15) is 5.10 Å². The van der Waals surface area contributed by atoms with Gasteiger partial charge in [0.25, 0.3) is 0 Å². The second-order valence-electron chi connectivity index (χ2n) is 2.23. The number of benzene rings is 1. The topological polar surface area (TPSA) is 48.9 Å². The number of fused-ring (bicyclic) bond motifs is 1. The Labute approximate surface area is 67.6 Å². The van der Waals surface area contributed by atoms with Crippen molar-refractivity contribution in [2.75, 3.05) is 0 Å². The van der Waals surface area contributed by atoms with Gasteiger partial charge in [0.1, 0.15) is 10.8 Å². The molecule has 0 amide bonds. The van der Waals surface area contributed by atoms with Crippen LogP contribution < -0.4 is 0 Å². The van der Waals surface area contributed by atoms with Crippen LogP contribution in [0.5, 0.6) is 5.75 Å². The number of nitrogens with one attached hydrogen (secondary N) is 1. The molecule has 0 fully saturated rings. The summed E-state index contributed by atoms with van der Waals surface area (Å²) in [6.45, 7) is 0. The number of phenols is 1. The van der Waals surface area contributed by atoms with Gasteiger partial charge >= 0.3 is 0 Å². The molecule has 0 saturated carbocycles. The van der Waals surface area contributed by atoms with E-state index in [1.54, 1.807) is 18.3 Å². The fraction of sp³-hybridized carbons (Fsp3) is 0. The predicted molar refractivity (Wildman–Crippen MR) is 42.8 cm³/mol. The summed E-state index contributed by atoms with van der Waals surface area (Å²) in [7, 11) is 0. The number of phenolic OH excluding ortho intramolecular Hbond substituents is 1. The fourth-order valence-electron chi connectivity index (χ4n) is 0.968. The Kier molecular flexibility index (Phi) is 1.26. The van der Waals surface area contributed by atoms with Crippen LogP contribution in [0.3, 0.4) is 0 Å². The van der Waals surface area contributed by atoms with Gasteiger partial charge in [-0.05, 0) is 12.1 Å². The molecule has 2 N–H and O–H groups in total. The molecule has 4 heteroatoms. The van der Waals surface area contributed by atoms with Crippen molar-refractivity contribution in [1.29, 1.82) is 0 Å². The van der Waals surface area contributed by atoms with Gasteiger partial charge in [0, 0.05) is 5.39 Å². The molecule has 2 rings (SSSR count). The first-order valence-electron chi connectivity index (χ1n) is 3.09. The summed E-state index contributed by atoms with van der Waals surface area (Å²) in [5.74, 6) is 0.0726. The highest BCUT2D eigenvalue weighted by atomic mass is 35.5. The minimum Gasteiger partial charge on any atom is -0.506 e.